The third-order valence-electron chi connectivity index (χ3n) is 6.05. The highest BCUT2D eigenvalue weighted by Crippen LogP contribution is 2.30. The minimum atomic E-state index is -0.359. The molecule has 0 aliphatic rings. The molecule has 0 spiro atoms. The van der Waals surface area contributed by atoms with Crippen molar-refractivity contribution in [2.24, 2.45) is 7.05 Å². The number of benzene rings is 2. The van der Waals surface area contributed by atoms with Crippen molar-refractivity contribution >= 4 is 16.9 Å². The molecule has 5 aromatic rings. The summed E-state index contributed by atoms with van der Waals surface area (Å²) in [5, 5.41) is 0. The molecule has 0 aliphatic carbocycles. The average molecular weight is 413 g/mol. The lowest BCUT2D eigenvalue weighted by molar-refractivity contribution is 0.637. The molecule has 7 heteroatoms. The Balaban J connectivity index is 2.01. The fourth-order valence-electron chi connectivity index (χ4n) is 4.20. The lowest BCUT2D eigenvalue weighted by Gasteiger charge is -2.13. The number of nitrogens with zero attached hydrogens (tertiary/aromatic N) is 5. The van der Waals surface area contributed by atoms with Gasteiger partial charge in [-0.05, 0) is 38.0 Å². The van der Waals surface area contributed by atoms with E-state index in [1.807, 2.05) is 47.0 Å². The van der Waals surface area contributed by atoms with Crippen LogP contribution in [-0.4, -0.2) is 23.1 Å². The first-order valence-electron chi connectivity index (χ1n) is 10.3. The molecular weight excluding hydrogens is 390 g/mol. The van der Waals surface area contributed by atoms with Crippen molar-refractivity contribution in [2.45, 2.75) is 27.3 Å². The molecule has 0 unspecified atom stereocenters. The standard InChI is InChI=1S/C24H23N5O2/c1-5-27-22(30)20-21(26(4)24(27)31)25-23-28(20)14-19(17-11-7-6-8-12-17)29(23)18-13-9-10-15(2)16(18)3/h6-14H,5H2,1-4H3. The quantitative estimate of drug-likeness (QED) is 0.455. The number of hydrogen-bond acceptors (Lipinski definition) is 3. The van der Waals surface area contributed by atoms with Gasteiger partial charge in [-0.15, -0.1) is 0 Å². The summed E-state index contributed by atoms with van der Waals surface area (Å²) in [6, 6.07) is 16.2. The highest BCUT2D eigenvalue weighted by atomic mass is 16.2. The molecule has 0 saturated carbocycles. The first-order valence-corrected chi connectivity index (χ1v) is 10.3. The van der Waals surface area contributed by atoms with Gasteiger partial charge < -0.3 is 0 Å². The Labute approximate surface area is 178 Å². The van der Waals surface area contributed by atoms with Crippen LogP contribution in [0.25, 0.3) is 33.9 Å². The molecular formula is C24H23N5O2. The number of rotatable bonds is 3. The Hall–Kier alpha value is -3.87. The SMILES string of the molecule is CCn1c(=O)c2c(nc3n(-c4cccc(C)c4C)c(-c4ccccc4)cn23)n(C)c1=O. The predicted molar refractivity (Wildman–Crippen MR) is 122 cm³/mol. The summed E-state index contributed by atoms with van der Waals surface area (Å²) in [6.07, 6.45) is 1.94. The van der Waals surface area contributed by atoms with Crippen LogP contribution in [0.3, 0.4) is 0 Å². The summed E-state index contributed by atoms with van der Waals surface area (Å²) < 4.78 is 6.57. The predicted octanol–water partition coefficient (Wildman–Crippen LogP) is 3.44. The third-order valence-corrected chi connectivity index (χ3v) is 6.05. The minimum Gasteiger partial charge on any atom is -0.279 e. The second kappa shape index (κ2) is 6.84. The van der Waals surface area contributed by atoms with Crippen LogP contribution in [0.15, 0.2) is 64.3 Å². The van der Waals surface area contributed by atoms with Crippen molar-refractivity contribution in [3.63, 3.8) is 0 Å². The van der Waals surface area contributed by atoms with Gasteiger partial charge >= 0.3 is 5.69 Å². The van der Waals surface area contributed by atoms with E-state index in [1.54, 1.807) is 14.0 Å². The van der Waals surface area contributed by atoms with Crippen molar-refractivity contribution in [2.75, 3.05) is 0 Å². The van der Waals surface area contributed by atoms with Crippen LogP contribution in [0.4, 0.5) is 0 Å². The van der Waals surface area contributed by atoms with Crippen LogP contribution in [0.2, 0.25) is 0 Å². The van der Waals surface area contributed by atoms with E-state index in [4.69, 9.17) is 4.98 Å². The average Bonchev–Trinajstić information content (AvgIpc) is 3.32. The molecule has 2 aromatic carbocycles. The summed E-state index contributed by atoms with van der Waals surface area (Å²) in [7, 11) is 1.66. The van der Waals surface area contributed by atoms with E-state index < -0.39 is 0 Å². The zero-order valence-electron chi connectivity index (χ0n) is 18.0. The summed E-state index contributed by atoms with van der Waals surface area (Å²) >= 11 is 0. The molecule has 0 radical (unpaired) electrons. The zero-order valence-corrected chi connectivity index (χ0v) is 18.0. The zero-order chi connectivity index (χ0) is 21.9. The Morgan fingerprint density at radius 1 is 0.968 bits per heavy atom. The molecule has 156 valence electrons. The number of aryl methyl sites for hydroxylation is 2. The maximum Gasteiger partial charge on any atom is 0.332 e. The Bertz CT molecular complexity index is 1580. The molecule has 0 fully saturated rings. The van der Waals surface area contributed by atoms with Crippen molar-refractivity contribution in [3.8, 4) is 16.9 Å². The van der Waals surface area contributed by atoms with Gasteiger partial charge in [0.15, 0.2) is 11.2 Å². The van der Waals surface area contributed by atoms with Gasteiger partial charge in [0.25, 0.3) is 5.56 Å². The van der Waals surface area contributed by atoms with Crippen molar-refractivity contribution in [1.82, 2.24) is 23.1 Å². The molecule has 0 atom stereocenters. The topological polar surface area (TPSA) is 66.2 Å². The van der Waals surface area contributed by atoms with Crippen LogP contribution in [0.5, 0.6) is 0 Å². The van der Waals surface area contributed by atoms with Gasteiger partial charge in [-0.25, -0.2) is 4.79 Å². The molecule has 5 rings (SSSR count). The molecule has 7 nitrogen and oxygen atoms in total. The lowest BCUT2D eigenvalue weighted by atomic mass is 10.1. The number of hydrogen-bond donors (Lipinski definition) is 0. The second-order valence-electron chi connectivity index (χ2n) is 7.78. The molecule has 0 N–H and O–H groups in total. The monoisotopic (exact) mass is 413 g/mol. The normalized spacial score (nSPS) is 11.6. The van der Waals surface area contributed by atoms with Crippen LogP contribution >= 0.6 is 0 Å². The van der Waals surface area contributed by atoms with E-state index in [9.17, 15) is 9.59 Å². The van der Waals surface area contributed by atoms with Gasteiger partial charge in [0.05, 0.1) is 11.4 Å². The number of aromatic nitrogens is 5. The smallest absolute Gasteiger partial charge is 0.279 e. The summed E-state index contributed by atoms with van der Waals surface area (Å²) in [5.74, 6) is 0.600. The number of imidazole rings is 2. The maximum absolute atomic E-state index is 13.2. The van der Waals surface area contributed by atoms with E-state index >= 15 is 0 Å². The highest BCUT2D eigenvalue weighted by Gasteiger charge is 2.22. The minimum absolute atomic E-state index is 0.303. The summed E-state index contributed by atoms with van der Waals surface area (Å²) in [6.45, 7) is 6.26. The number of fused-ring (bicyclic) bond motifs is 3. The molecule has 0 aliphatic heterocycles. The third kappa shape index (κ3) is 2.63. The highest BCUT2D eigenvalue weighted by molar-refractivity contribution is 5.79. The van der Waals surface area contributed by atoms with Crippen LogP contribution < -0.4 is 11.2 Å². The van der Waals surface area contributed by atoms with Crippen molar-refractivity contribution in [3.05, 3.63) is 86.7 Å². The van der Waals surface area contributed by atoms with Crippen molar-refractivity contribution < 1.29 is 0 Å². The Morgan fingerprint density at radius 2 is 1.71 bits per heavy atom. The van der Waals surface area contributed by atoms with Gasteiger partial charge in [0.2, 0.25) is 5.78 Å². The van der Waals surface area contributed by atoms with E-state index in [-0.39, 0.29) is 11.2 Å². The summed E-state index contributed by atoms with van der Waals surface area (Å²) in [4.78, 5) is 30.6. The molecule has 0 bridgehead atoms. The van der Waals surface area contributed by atoms with E-state index in [0.29, 0.717) is 23.5 Å². The molecule has 3 heterocycles. The maximum atomic E-state index is 13.2. The summed E-state index contributed by atoms with van der Waals surface area (Å²) in [5.41, 5.74) is 5.33. The van der Waals surface area contributed by atoms with Crippen LogP contribution in [-0.2, 0) is 13.6 Å². The fourth-order valence-corrected chi connectivity index (χ4v) is 4.20. The van der Waals surface area contributed by atoms with Crippen molar-refractivity contribution in [1.29, 1.82) is 0 Å². The largest absolute Gasteiger partial charge is 0.332 e. The van der Waals surface area contributed by atoms with Crippen LogP contribution in [0, 0.1) is 13.8 Å². The second-order valence-corrected chi connectivity index (χ2v) is 7.78. The lowest BCUT2D eigenvalue weighted by Crippen LogP contribution is -2.38. The van der Waals surface area contributed by atoms with Gasteiger partial charge in [0, 0.05) is 25.4 Å². The molecule has 0 saturated heterocycles. The first kappa shape index (κ1) is 19.1. The molecule has 31 heavy (non-hydrogen) atoms. The van der Waals surface area contributed by atoms with Gasteiger partial charge in [-0.1, -0.05) is 42.5 Å². The van der Waals surface area contributed by atoms with Gasteiger partial charge in [-0.2, -0.15) is 4.98 Å². The van der Waals surface area contributed by atoms with Gasteiger partial charge in [0.1, 0.15) is 0 Å². The van der Waals surface area contributed by atoms with E-state index in [0.717, 1.165) is 22.5 Å². The molecule has 3 aromatic heterocycles. The Morgan fingerprint density at radius 3 is 2.42 bits per heavy atom. The van der Waals surface area contributed by atoms with E-state index in [2.05, 4.69) is 30.5 Å². The van der Waals surface area contributed by atoms with E-state index in [1.165, 1.54) is 14.7 Å². The van der Waals surface area contributed by atoms with Gasteiger partial charge in [-0.3, -0.25) is 22.9 Å². The Kier molecular flexibility index (Phi) is 4.22. The molecule has 0 amide bonds. The first-order chi connectivity index (χ1) is 14.9. The van der Waals surface area contributed by atoms with Crippen LogP contribution in [0.1, 0.15) is 18.1 Å². The fraction of sp³-hybridized carbons (Fsp3) is 0.208.